The fraction of sp³-hybridized carbons (Fsp3) is 0.357. The van der Waals surface area contributed by atoms with E-state index in [2.05, 4.69) is 31.8 Å². The number of amidine groups is 1. The molecule has 100 valence electrons. The van der Waals surface area contributed by atoms with Crippen molar-refractivity contribution >= 4 is 17.9 Å². The van der Waals surface area contributed by atoms with E-state index in [1.54, 1.807) is 19.3 Å². The zero-order chi connectivity index (χ0) is 13.5. The minimum Gasteiger partial charge on any atom is -0.354 e. The van der Waals surface area contributed by atoms with Gasteiger partial charge in [0.1, 0.15) is 5.82 Å². The van der Waals surface area contributed by atoms with E-state index in [0.717, 1.165) is 37.6 Å². The molecule has 1 aliphatic rings. The lowest BCUT2D eigenvalue weighted by atomic mass is 10.2. The van der Waals surface area contributed by atoms with Gasteiger partial charge >= 0.3 is 0 Å². The summed E-state index contributed by atoms with van der Waals surface area (Å²) in [6.45, 7) is 7.61. The number of rotatable bonds is 3. The Kier molecular flexibility index (Phi) is 4.80. The van der Waals surface area contributed by atoms with Crippen LogP contribution in [0, 0.1) is 0 Å². The first-order valence-corrected chi connectivity index (χ1v) is 6.39. The van der Waals surface area contributed by atoms with E-state index in [4.69, 9.17) is 0 Å². The Labute approximate surface area is 113 Å². The number of hydrogen-bond donors (Lipinski definition) is 1. The predicted octanol–water partition coefficient (Wildman–Crippen LogP) is 1.12. The summed E-state index contributed by atoms with van der Waals surface area (Å²) < 4.78 is 0. The molecule has 0 unspecified atom stereocenters. The first kappa shape index (κ1) is 13.4. The van der Waals surface area contributed by atoms with Gasteiger partial charge in [-0.2, -0.15) is 0 Å². The van der Waals surface area contributed by atoms with Gasteiger partial charge in [0.25, 0.3) is 0 Å². The van der Waals surface area contributed by atoms with Gasteiger partial charge in [-0.25, -0.2) is 9.98 Å². The van der Waals surface area contributed by atoms with Crippen LogP contribution < -0.4 is 10.2 Å². The molecule has 19 heavy (non-hydrogen) atoms. The fourth-order valence-electron chi connectivity index (χ4n) is 1.98. The van der Waals surface area contributed by atoms with Crippen LogP contribution in [0.1, 0.15) is 5.56 Å². The van der Waals surface area contributed by atoms with Crippen LogP contribution in [-0.2, 0) is 0 Å². The fourth-order valence-corrected chi connectivity index (χ4v) is 1.98. The second-order valence-electron chi connectivity index (χ2n) is 4.20. The predicted molar refractivity (Wildman–Crippen MR) is 80.5 cm³/mol. The average molecular weight is 257 g/mol. The second-order valence-corrected chi connectivity index (χ2v) is 4.20. The van der Waals surface area contributed by atoms with Gasteiger partial charge in [0, 0.05) is 51.2 Å². The minimum absolute atomic E-state index is 0.666. The standard InChI is InChI=1S/C14H19N5/c1-3-6-17-14(15-2)12-4-5-13(18-11-12)19-9-7-16-8-10-19/h3-6,11,16H,1,7-10H2,2H3. The van der Waals surface area contributed by atoms with Gasteiger partial charge in [0.15, 0.2) is 5.84 Å². The van der Waals surface area contributed by atoms with Crippen molar-refractivity contribution in [2.45, 2.75) is 0 Å². The van der Waals surface area contributed by atoms with E-state index in [0.29, 0.717) is 5.84 Å². The third kappa shape index (κ3) is 3.48. The van der Waals surface area contributed by atoms with Gasteiger partial charge in [-0.15, -0.1) is 0 Å². The highest BCUT2D eigenvalue weighted by atomic mass is 15.2. The van der Waals surface area contributed by atoms with Crippen LogP contribution in [0.15, 0.2) is 41.0 Å². The first-order valence-electron chi connectivity index (χ1n) is 6.39. The molecule has 0 bridgehead atoms. The zero-order valence-corrected chi connectivity index (χ0v) is 11.2. The highest BCUT2D eigenvalue weighted by molar-refractivity contribution is 6.03. The molecule has 1 aromatic rings. The topological polar surface area (TPSA) is 52.9 Å². The van der Waals surface area contributed by atoms with Gasteiger partial charge in [-0.05, 0) is 12.1 Å². The summed E-state index contributed by atoms with van der Waals surface area (Å²) in [6.07, 6.45) is 5.08. The molecule has 0 amide bonds. The van der Waals surface area contributed by atoms with Crippen LogP contribution in [-0.4, -0.2) is 50.3 Å². The van der Waals surface area contributed by atoms with E-state index in [9.17, 15) is 0 Å². The Bertz CT molecular complexity index is 469. The highest BCUT2D eigenvalue weighted by Gasteiger charge is 2.11. The van der Waals surface area contributed by atoms with Crippen LogP contribution in [0.2, 0.25) is 0 Å². The summed E-state index contributed by atoms with van der Waals surface area (Å²) >= 11 is 0. The number of allylic oxidation sites excluding steroid dienone is 1. The Morgan fingerprint density at radius 2 is 2.21 bits per heavy atom. The molecule has 5 heteroatoms. The van der Waals surface area contributed by atoms with Gasteiger partial charge in [0.2, 0.25) is 0 Å². The molecule has 2 rings (SSSR count). The molecule has 0 spiro atoms. The zero-order valence-electron chi connectivity index (χ0n) is 11.2. The summed E-state index contributed by atoms with van der Waals surface area (Å²) in [5, 5.41) is 3.33. The van der Waals surface area contributed by atoms with Crippen LogP contribution in [0.4, 0.5) is 5.82 Å². The van der Waals surface area contributed by atoms with E-state index >= 15 is 0 Å². The van der Waals surface area contributed by atoms with Gasteiger partial charge in [0.05, 0.1) is 0 Å². The summed E-state index contributed by atoms with van der Waals surface area (Å²) in [5.74, 6) is 1.67. The van der Waals surface area contributed by atoms with Crippen LogP contribution in [0.25, 0.3) is 0 Å². The lowest BCUT2D eigenvalue weighted by molar-refractivity contribution is 0.585. The smallest absolute Gasteiger partial charge is 0.155 e. The Hall–Kier alpha value is -2.01. The minimum atomic E-state index is 0.666. The van der Waals surface area contributed by atoms with Gasteiger partial charge < -0.3 is 10.2 Å². The third-order valence-electron chi connectivity index (χ3n) is 2.96. The summed E-state index contributed by atoms with van der Waals surface area (Å²) in [4.78, 5) is 15.1. The molecular weight excluding hydrogens is 238 g/mol. The SMILES string of the molecule is C=CC=NC(=NC)c1ccc(N2CCNCC2)nc1. The number of anilines is 1. The van der Waals surface area contributed by atoms with E-state index in [1.807, 2.05) is 18.3 Å². The Morgan fingerprint density at radius 1 is 1.42 bits per heavy atom. The number of pyridine rings is 1. The van der Waals surface area contributed by atoms with Crippen molar-refractivity contribution in [1.82, 2.24) is 10.3 Å². The van der Waals surface area contributed by atoms with Crippen LogP contribution in [0.5, 0.6) is 0 Å². The quantitative estimate of drug-likeness (QED) is 0.652. The van der Waals surface area contributed by atoms with Gasteiger partial charge in [-0.3, -0.25) is 4.99 Å². The molecule has 0 atom stereocenters. The summed E-state index contributed by atoms with van der Waals surface area (Å²) in [6, 6.07) is 4.03. The van der Waals surface area contributed by atoms with Crippen LogP contribution in [0.3, 0.4) is 0 Å². The maximum Gasteiger partial charge on any atom is 0.155 e. The molecule has 1 saturated heterocycles. The largest absolute Gasteiger partial charge is 0.354 e. The number of hydrogen-bond acceptors (Lipinski definition) is 4. The summed E-state index contributed by atoms with van der Waals surface area (Å²) in [5.41, 5.74) is 0.916. The van der Waals surface area contributed by atoms with Crippen molar-refractivity contribution < 1.29 is 0 Å². The van der Waals surface area contributed by atoms with E-state index in [1.165, 1.54) is 0 Å². The van der Waals surface area contributed by atoms with E-state index < -0.39 is 0 Å². The maximum absolute atomic E-state index is 4.50. The van der Waals surface area contributed by atoms with Crippen molar-refractivity contribution in [3.05, 3.63) is 36.5 Å². The number of aliphatic imine (C=N–C) groups is 2. The number of nitrogens with zero attached hydrogens (tertiary/aromatic N) is 4. The van der Waals surface area contributed by atoms with Gasteiger partial charge in [-0.1, -0.05) is 12.7 Å². The molecule has 1 fully saturated rings. The van der Waals surface area contributed by atoms with Crippen molar-refractivity contribution in [2.24, 2.45) is 9.98 Å². The highest BCUT2D eigenvalue weighted by Crippen LogP contribution is 2.12. The molecular formula is C14H19N5. The average Bonchev–Trinajstić information content (AvgIpc) is 2.49. The monoisotopic (exact) mass is 257 g/mol. The van der Waals surface area contributed by atoms with Crippen molar-refractivity contribution in [3.8, 4) is 0 Å². The molecule has 0 saturated carbocycles. The lowest BCUT2D eigenvalue weighted by Crippen LogP contribution is -2.43. The van der Waals surface area contributed by atoms with Crippen LogP contribution >= 0.6 is 0 Å². The lowest BCUT2D eigenvalue weighted by Gasteiger charge is -2.28. The molecule has 0 aliphatic carbocycles. The molecule has 0 aromatic carbocycles. The normalized spacial score (nSPS) is 16.9. The number of nitrogens with one attached hydrogen (secondary N) is 1. The van der Waals surface area contributed by atoms with E-state index in [-0.39, 0.29) is 0 Å². The van der Waals surface area contributed by atoms with Crippen molar-refractivity contribution in [3.63, 3.8) is 0 Å². The molecule has 0 radical (unpaired) electrons. The first-order chi connectivity index (χ1) is 9.35. The molecule has 5 nitrogen and oxygen atoms in total. The second kappa shape index (κ2) is 6.80. The Balaban J connectivity index is 2.12. The summed E-state index contributed by atoms with van der Waals surface area (Å²) in [7, 11) is 1.72. The molecule has 1 aromatic heterocycles. The third-order valence-corrected chi connectivity index (χ3v) is 2.96. The van der Waals surface area contributed by atoms with Crippen molar-refractivity contribution in [2.75, 3.05) is 38.1 Å². The number of aromatic nitrogens is 1. The molecule has 1 N–H and O–H groups in total. The van der Waals surface area contributed by atoms with Crippen molar-refractivity contribution in [1.29, 1.82) is 0 Å². The maximum atomic E-state index is 4.50. The molecule has 1 aliphatic heterocycles. The Morgan fingerprint density at radius 3 is 2.79 bits per heavy atom. The number of piperazine rings is 1. The molecule has 2 heterocycles.